The summed E-state index contributed by atoms with van der Waals surface area (Å²) in [5, 5.41) is 13.0. The second-order valence-corrected chi connectivity index (χ2v) is 5.59. The van der Waals surface area contributed by atoms with E-state index in [0.717, 1.165) is 38.7 Å². The van der Waals surface area contributed by atoms with Crippen LogP contribution in [0.15, 0.2) is 30.5 Å². The van der Waals surface area contributed by atoms with E-state index in [1.54, 1.807) is 22.6 Å². The minimum absolute atomic E-state index is 0.545. The molecule has 100 valence electrons. The first kappa shape index (κ1) is 11.7. The number of fused-ring (bicyclic) bond motifs is 3. The highest BCUT2D eigenvalue weighted by molar-refractivity contribution is 7.15. The smallest absolute Gasteiger partial charge is 0.236 e. The van der Waals surface area contributed by atoms with Crippen molar-refractivity contribution in [1.29, 1.82) is 0 Å². The van der Waals surface area contributed by atoms with E-state index < -0.39 is 0 Å². The van der Waals surface area contributed by atoms with Gasteiger partial charge in [-0.15, -0.1) is 10.2 Å². The van der Waals surface area contributed by atoms with E-state index in [2.05, 4.69) is 40.3 Å². The summed E-state index contributed by atoms with van der Waals surface area (Å²) in [7, 11) is 0. The van der Waals surface area contributed by atoms with Crippen molar-refractivity contribution in [3.8, 4) is 0 Å². The minimum Gasteiger partial charge on any atom is -0.261 e. The number of aromatic nitrogens is 3. The van der Waals surface area contributed by atoms with E-state index in [-0.39, 0.29) is 0 Å². The maximum Gasteiger partial charge on any atom is 0.236 e. The Morgan fingerprint density at radius 3 is 3.10 bits per heavy atom. The van der Waals surface area contributed by atoms with Gasteiger partial charge in [-0.1, -0.05) is 36.5 Å². The molecule has 4 rings (SSSR count). The van der Waals surface area contributed by atoms with Gasteiger partial charge in [0.2, 0.25) is 5.13 Å². The molecule has 0 amide bonds. The van der Waals surface area contributed by atoms with Crippen LogP contribution in [-0.2, 0) is 17.9 Å². The van der Waals surface area contributed by atoms with E-state index >= 15 is 0 Å². The second kappa shape index (κ2) is 4.50. The van der Waals surface area contributed by atoms with Crippen LogP contribution >= 0.6 is 11.3 Å². The third-order valence-electron chi connectivity index (χ3n) is 3.32. The molecule has 0 N–H and O–H groups in total. The molecule has 0 atom stereocenters. The van der Waals surface area contributed by atoms with Crippen LogP contribution < -0.4 is 5.06 Å². The number of nitrogens with zero attached hydrogens (tertiary/aromatic N) is 4. The topological polar surface area (TPSA) is 51.1 Å². The van der Waals surface area contributed by atoms with Crippen molar-refractivity contribution >= 4 is 33.1 Å². The number of pyridine rings is 1. The Balaban J connectivity index is 1.90. The molecule has 0 bridgehead atoms. The van der Waals surface area contributed by atoms with Crippen molar-refractivity contribution in [2.24, 2.45) is 0 Å². The molecule has 0 fully saturated rings. The number of aryl methyl sites for hydroxylation is 1. The number of rotatable bonds is 2. The van der Waals surface area contributed by atoms with Gasteiger partial charge >= 0.3 is 0 Å². The number of hydrogen-bond acceptors (Lipinski definition) is 6. The van der Waals surface area contributed by atoms with Gasteiger partial charge in [-0.05, 0) is 12.5 Å². The van der Waals surface area contributed by atoms with Gasteiger partial charge < -0.3 is 0 Å². The average molecular weight is 284 g/mol. The molecular formula is C14H12N4OS. The summed E-state index contributed by atoms with van der Waals surface area (Å²) in [6.07, 6.45) is 2.68. The third kappa shape index (κ3) is 1.69. The van der Waals surface area contributed by atoms with Crippen LogP contribution in [0.1, 0.15) is 17.5 Å². The summed E-state index contributed by atoms with van der Waals surface area (Å²) in [5.41, 5.74) is 3.06. The lowest BCUT2D eigenvalue weighted by Crippen LogP contribution is -2.11. The molecule has 1 aromatic carbocycles. The van der Waals surface area contributed by atoms with Crippen LogP contribution in [0.4, 0.5) is 10.8 Å². The van der Waals surface area contributed by atoms with Crippen molar-refractivity contribution in [3.05, 3.63) is 41.0 Å². The Kier molecular flexibility index (Phi) is 2.64. The summed E-state index contributed by atoms with van der Waals surface area (Å²) < 4.78 is 0. The predicted molar refractivity (Wildman–Crippen MR) is 78.0 cm³/mol. The van der Waals surface area contributed by atoms with Crippen molar-refractivity contribution in [3.63, 3.8) is 0 Å². The van der Waals surface area contributed by atoms with Crippen molar-refractivity contribution in [2.45, 2.75) is 20.0 Å². The van der Waals surface area contributed by atoms with Crippen LogP contribution in [0.5, 0.6) is 0 Å². The summed E-state index contributed by atoms with van der Waals surface area (Å²) in [4.78, 5) is 10.3. The Hall–Kier alpha value is -2.05. The molecule has 0 aliphatic carbocycles. The van der Waals surface area contributed by atoms with Gasteiger partial charge in [0.25, 0.3) is 0 Å². The first-order chi connectivity index (χ1) is 9.86. The average Bonchev–Trinajstić information content (AvgIpc) is 3.13. The monoisotopic (exact) mass is 284 g/mol. The van der Waals surface area contributed by atoms with Crippen molar-refractivity contribution in [2.75, 3.05) is 5.06 Å². The standard InChI is InChI=1S/C14H12N4OS/c1-2-11-16-17-14(20-11)18-13-10(8-19-18)6-5-9-4-3-7-15-12(9)13/h3-7H,2,8H2,1H3. The molecule has 6 heteroatoms. The van der Waals surface area contributed by atoms with Crippen LogP contribution in [-0.4, -0.2) is 15.2 Å². The van der Waals surface area contributed by atoms with Gasteiger partial charge in [0.05, 0.1) is 5.52 Å². The molecule has 20 heavy (non-hydrogen) atoms. The van der Waals surface area contributed by atoms with Gasteiger partial charge in [-0.25, -0.2) is 0 Å². The predicted octanol–water partition coefficient (Wildman–Crippen LogP) is 3.23. The molecule has 0 saturated heterocycles. The van der Waals surface area contributed by atoms with Gasteiger partial charge in [-0.2, -0.15) is 5.06 Å². The highest BCUT2D eigenvalue weighted by atomic mass is 32.1. The molecule has 3 aromatic rings. The van der Waals surface area contributed by atoms with Crippen molar-refractivity contribution in [1.82, 2.24) is 15.2 Å². The molecule has 3 heterocycles. The van der Waals surface area contributed by atoms with E-state index in [0.29, 0.717) is 6.61 Å². The number of benzene rings is 1. The molecular weight excluding hydrogens is 272 g/mol. The largest absolute Gasteiger partial charge is 0.261 e. The third-order valence-corrected chi connectivity index (χ3v) is 4.35. The molecule has 0 saturated carbocycles. The zero-order valence-electron chi connectivity index (χ0n) is 10.9. The first-order valence-electron chi connectivity index (χ1n) is 6.49. The van der Waals surface area contributed by atoms with Crippen LogP contribution in [0.25, 0.3) is 10.9 Å². The molecule has 2 aromatic heterocycles. The maximum absolute atomic E-state index is 5.78. The van der Waals surface area contributed by atoms with Gasteiger partial charge in [0.1, 0.15) is 17.3 Å². The normalized spacial score (nSPS) is 13.9. The fraction of sp³-hybridized carbons (Fsp3) is 0.214. The zero-order chi connectivity index (χ0) is 13.5. The summed E-state index contributed by atoms with van der Waals surface area (Å²) in [6, 6.07) is 8.15. The van der Waals surface area contributed by atoms with E-state index in [4.69, 9.17) is 4.84 Å². The molecule has 0 radical (unpaired) electrons. The van der Waals surface area contributed by atoms with Crippen LogP contribution in [0, 0.1) is 0 Å². The summed E-state index contributed by atoms with van der Waals surface area (Å²) in [6.45, 7) is 2.61. The lowest BCUT2D eigenvalue weighted by molar-refractivity contribution is 0.145. The zero-order valence-corrected chi connectivity index (χ0v) is 11.7. The SMILES string of the molecule is CCc1nnc(N2OCc3ccc4cccnc4c32)s1. The Bertz CT molecular complexity index is 786. The highest BCUT2D eigenvalue weighted by Gasteiger charge is 2.27. The number of anilines is 2. The lowest BCUT2D eigenvalue weighted by atomic mass is 10.1. The number of hydrogen-bond donors (Lipinski definition) is 0. The Morgan fingerprint density at radius 2 is 2.25 bits per heavy atom. The van der Waals surface area contributed by atoms with Crippen LogP contribution in [0.3, 0.4) is 0 Å². The molecule has 0 unspecified atom stereocenters. The van der Waals surface area contributed by atoms with Gasteiger partial charge in [0, 0.05) is 17.1 Å². The van der Waals surface area contributed by atoms with Gasteiger partial charge in [0.15, 0.2) is 0 Å². The summed E-state index contributed by atoms with van der Waals surface area (Å²) in [5.74, 6) is 0. The highest BCUT2D eigenvalue weighted by Crippen LogP contribution is 2.40. The van der Waals surface area contributed by atoms with Gasteiger partial charge in [-0.3, -0.25) is 9.82 Å². The Morgan fingerprint density at radius 1 is 1.30 bits per heavy atom. The summed E-state index contributed by atoms with van der Waals surface area (Å²) >= 11 is 1.55. The minimum atomic E-state index is 0.545. The van der Waals surface area contributed by atoms with E-state index in [1.165, 1.54) is 0 Å². The van der Waals surface area contributed by atoms with Crippen molar-refractivity contribution < 1.29 is 4.84 Å². The second-order valence-electron chi connectivity index (χ2n) is 4.55. The lowest BCUT2D eigenvalue weighted by Gasteiger charge is -2.14. The maximum atomic E-state index is 5.78. The fourth-order valence-corrected chi connectivity index (χ4v) is 3.08. The fourth-order valence-electron chi connectivity index (χ4n) is 2.33. The quantitative estimate of drug-likeness (QED) is 0.723. The molecule has 1 aliphatic rings. The van der Waals surface area contributed by atoms with E-state index in [9.17, 15) is 0 Å². The first-order valence-corrected chi connectivity index (χ1v) is 7.30. The van der Waals surface area contributed by atoms with Crippen LogP contribution in [0.2, 0.25) is 0 Å². The molecule has 5 nitrogen and oxygen atoms in total. The Labute approximate surface area is 119 Å². The molecule has 0 spiro atoms. The molecule has 1 aliphatic heterocycles. The van der Waals surface area contributed by atoms with E-state index in [1.807, 2.05) is 6.07 Å².